The molecule has 7 atom stereocenters. The summed E-state index contributed by atoms with van der Waals surface area (Å²) in [6.45, 7) is 10.9. The molecule has 3 aromatic heterocycles. The molecule has 23 heteroatoms. The van der Waals surface area contributed by atoms with E-state index < -0.39 is 111 Å². The molecule has 0 aliphatic carbocycles. The third kappa shape index (κ3) is 13.4. The fraction of sp³-hybridized carbons (Fsp3) is 0.284. The summed E-state index contributed by atoms with van der Waals surface area (Å²) >= 11 is 20.4. The molecule has 3 aliphatic rings. The van der Waals surface area contributed by atoms with E-state index in [1.807, 2.05) is 167 Å². The lowest BCUT2D eigenvalue weighted by molar-refractivity contribution is -0.138. The quantitative estimate of drug-likeness (QED) is 0.0741. The van der Waals surface area contributed by atoms with Crippen LogP contribution in [0.4, 0.5) is 0 Å². The lowest BCUT2D eigenvalue weighted by Gasteiger charge is -2.42. The van der Waals surface area contributed by atoms with Gasteiger partial charge in [0.25, 0.3) is 17.7 Å². The van der Waals surface area contributed by atoms with Crippen LogP contribution in [0.15, 0.2) is 185 Å². The standard InChI is InChI=1S/C74H68Cl3N9O11/c1-7-81-38-56(63(48-18-12-9-13-19-48)52-30-46(31-55(77)34-52)29-43(5)83-40-58(84-65(72(83)93)68(91)59(88)35-78-84)64(50-20-14-22-53(75)32-50)51-21-15-23-54(76)33-51)85-66(71(81)92)70(61(90)37-79-85)97-74(95)42(4)28-45-24-26-49(27-25-45)62(47-16-10-8-11-17-47)57-39-82(41(2)3)73(94)67-69(96-44(6)87)60(89)36-80-86(57)67/h8-27,30-37,41-43,56-58,62-64,91H,7,28-29,38-40H2,1-6H3. The molecule has 0 spiro atoms. The van der Waals surface area contributed by atoms with E-state index in [1.54, 1.807) is 33.8 Å². The van der Waals surface area contributed by atoms with Crippen LogP contribution in [0.5, 0.6) is 17.2 Å². The summed E-state index contributed by atoms with van der Waals surface area (Å²) in [6, 6.07) is 44.2. The van der Waals surface area contributed by atoms with Crippen molar-refractivity contribution in [1.29, 1.82) is 0 Å². The lowest BCUT2D eigenvalue weighted by atomic mass is 9.82. The van der Waals surface area contributed by atoms with Gasteiger partial charge in [-0.2, -0.15) is 15.3 Å². The minimum Gasteiger partial charge on any atom is -0.502 e. The second-order valence-electron chi connectivity index (χ2n) is 25.1. The molecule has 496 valence electrons. The van der Waals surface area contributed by atoms with Crippen LogP contribution >= 0.6 is 34.8 Å². The summed E-state index contributed by atoms with van der Waals surface area (Å²) in [5.41, 5.74) is 3.34. The van der Waals surface area contributed by atoms with Gasteiger partial charge in [0, 0.05) is 78.0 Å². The number of rotatable bonds is 19. The normalized spacial score (nSPS) is 17.3. The summed E-state index contributed by atoms with van der Waals surface area (Å²) in [5, 5.41) is 26.3. The van der Waals surface area contributed by atoms with Gasteiger partial charge in [-0.25, -0.2) is 0 Å². The van der Waals surface area contributed by atoms with Crippen molar-refractivity contribution in [2.45, 2.75) is 102 Å². The molecule has 0 saturated carbocycles. The molecule has 0 radical (unpaired) electrons. The van der Waals surface area contributed by atoms with Gasteiger partial charge in [0.2, 0.25) is 27.8 Å². The molecule has 0 saturated heterocycles. The SMILES string of the molecule is CCN1CC(C(c2ccccc2)c2cc(Cl)cc(CC(C)N3CC(C(c4cccc(Cl)c4)c4cccc(Cl)c4)n4ncc(=O)c(O)c4C3=O)c2)n2ncc(=O)c(OC(=O)C(C)Cc3ccc(C(c4ccccc4)C4CN(C(C)C)C(=O)c5c(OC(C)=O)c(=O)cnn54)cc3)c2C1=O. The highest BCUT2D eigenvalue weighted by Gasteiger charge is 2.45. The number of aromatic nitrogens is 6. The highest BCUT2D eigenvalue weighted by Crippen LogP contribution is 2.45. The molecule has 3 amide bonds. The Morgan fingerprint density at radius 3 is 1.51 bits per heavy atom. The molecule has 1 N–H and O–H groups in total. The van der Waals surface area contributed by atoms with Gasteiger partial charge in [-0.05, 0) is 121 Å². The molecule has 12 rings (SSSR count). The van der Waals surface area contributed by atoms with Gasteiger partial charge in [-0.3, -0.25) is 52.4 Å². The second-order valence-corrected chi connectivity index (χ2v) is 26.4. The number of esters is 2. The summed E-state index contributed by atoms with van der Waals surface area (Å²) in [5.74, 6) is -7.24. The molecule has 97 heavy (non-hydrogen) atoms. The van der Waals surface area contributed by atoms with E-state index >= 15 is 0 Å². The van der Waals surface area contributed by atoms with Crippen LogP contribution in [0.2, 0.25) is 15.1 Å². The number of fused-ring (bicyclic) bond motifs is 3. The summed E-state index contributed by atoms with van der Waals surface area (Å²) in [7, 11) is 0. The third-order valence-corrected chi connectivity index (χ3v) is 19.2. The predicted octanol–water partition coefficient (Wildman–Crippen LogP) is 11.3. The molecular formula is C74H68Cl3N9O11. The highest BCUT2D eigenvalue weighted by atomic mass is 35.5. The van der Waals surface area contributed by atoms with E-state index in [0.29, 0.717) is 20.6 Å². The van der Waals surface area contributed by atoms with E-state index in [4.69, 9.17) is 44.3 Å². The monoisotopic (exact) mass is 1360 g/mol. The number of ether oxygens (including phenoxy) is 2. The molecule has 0 bridgehead atoms. The zero-order chi connectivity index (χ0) is 68.7. The zero-order valence-corrected chi connectivity index (χ0v) is 56.1. The van der Waals surface area contributed by atoms with Crippen molar-refractivity contribution in [3.8, 4) is 17.2 Å². The smallest absolute Gasteiger partial charge is 0.314 e. The number of hydrogen-bond donors (Lipinski definition) is 1. The molecule has 6 aromatic carbocycles. The fourth-order valence-corrected chi connectivity index (χ4v) is 14.6. The predicted molar refractivity (Wildman–Crippen MR) is 365 cm³/mol. The number of amides is 3. The van der Waals surface area contributed by atoms with Gasteiger partial charge in [0.1, 0.15) is 0 Å². The summed E-state index contributed by atoms with van der Waals surface area (Å²) in [4.78, 5) is 116. The maximum Gasteiger partial charge on any atom is 0.314 e. The topological polar surface area (TPSA) is 238 Å². The minimum atomic E-state index is -0.847. The van der Waals surface area contributed by atoms with Crippen LogP contribution < -0.4 is 25.8 Å². The van der Waals surface area contributed by atoms with Crippen LogP contribution in [0, 0.1) is 5.92 Å². The van der Waals surface area contributed by atoms with Crippen molar-refractivity contribution < 1.29 is 38.6 Å². The molecule has 0 fully saturated rings. The Morgan fingerprint density at radius 2 is 0.959 bits per heavy atom. The van der Waals surface area contributed by atoms with Gasteiger partial charge in [0.15, 0.2) is 22.8 Å². The molecule has 9 aromatic rings. The Kier molecular flexibility index (Phi) is 19.3. The Hall–Kier alpha value is -10.0. The summed E-state index contributed by atoms with van der Waals surface area (Å²) in [6.07, 6.45) is 3.49. The number of aromatic hydroxyl groups is 1. The maximum atomic E-state index is 14.8. The van der Waals surface area contributed by atoms with Gasteiger partial charge >= 0.3 is 11.9 Å². The number of halogens is 3. The lowest BCUT2D eigenvalue weighted by Crippen LogP contribution is -2.51. The Morgan fingerprint density at radius 1 is 0.495 bits per heavy atom. The van der Waals surface area contributed by atoms with Crippen molar-refractivity contribution in [3.05, 3.63) is 278 Å². The van der Waals surface area contributed by atoms with Crippen LogP contribution in [-0.4, -0.2) is 117 Å². The first-order valence-corrected chi connectivity index (χ1v) is 33.1. The van der Waals surface area contributed by atoms with E-state index in [2.05, 4.69) is 15.3 Å². The average molecular weight is 1370 g/mol. The van der Waals surface area contributed by atoms with Crippen molar-refractivity contribution in [1.82, 2.24) is 44.0 Å². The van der Waals surface area contributed by atoms with Gasteiger partial charge < -0.3 is 29.3 Å². The van der Waals surface area contributed by atoms with Crippen LogP contribution in [0.3, 0.4) is 0 Å². The first-order chi connectivity index (χ1) is 46.6. The minimum absolute atomic E-state index is 0.0816. The summed E-state index contributed by atoms with van der Waals surface area (Å²) < 4.78 is 15.9. The number of benzene rings is 6. The van der Waals surface area contributed by atoms with E-state index in [9.17, 15) is 43.5 Å². The molecule has 3 aliphatic heterocycles. The zero-order valence-electron chi connectivity index (χ0n) is 53.8. The number of hydrogen-bond acceptors (Lipinski definition) is 14. The third-order valence-electron chi connectivity index (χ3n) is 18.5. The Labute approximate surface area is 573 Å². The molecule has 6 heterocycles. The first kappa shape index (κ1) is 67.0. The van der Waals surface area contributed by atoms with Gasteiger partial charge in [0.05, 0.1) is 42.6 Å². The fourth-order valence-electron chi connectivity index (χ4n) is 14.0. The van der Waals surface area contributed by atoms with Gasteiger partial charge in [-0.1, -0.05) is 157 Å². The van der Waals surface area contributed by atoms with Crippen molar-refractivity contribution in [3.63, 3.8) is 0 Å². The van der Waals surface area contributed by atoms with Crippen LogP contribution in [0.25, 0.3) is 0 Å². The molecule has 20 nitrogen and oxygen atoms in total. The van der Waals surface area contributed by atoms with Crippen molar-refractivity contribution in [2.24, 2.45) is 5.92 Å². The first-order valence-electron chi connectivity index (χ1n) is 31.9. The average Bonchev–Trinajstić information content (AvgIpc) is 0.759. The van der Waals surface area contributed by atoms with E-state index in [0.717, 1.165) is 64.5 Å². The second kappa shape index (κ2) is 28.0. The van der Waals surface area contributed by atoms with Crippen LogP contribution in [0.1, 0.15) is 153 Å². The largest absolute Gasteiger partial charge is 0.502 e. The number of nitrogens with zero attached hydrogens (tertiary/aromatic N) is 9. The maximum absolute atomic E-state index is 14.8. The van der Waals surface area contributed by atoms with Crippen molar-refractivity contribution >= 4 is 64.5 Å². The Balaban J connectivity index is 0.838. The van der Waals surface area contributed by atoms with E-state index in [-0.39, 0.29) is 62.1 Å². The van der Waals surface area contributed by atoms with Gasteiger partial charge in [-0.15, -0.1) is 0 Å². The molecule has 7 unspecified atom stereocenters. The van der Waals surface area contributed by atoms with Crippen LogP contribution in [-0.2, 0) is 22.4 Å². The van der Waals surface area contributed by atoms with Crippen molar-refractivity contribution in [2.75, 3.05) is 26.2 Å². The number of carbonyl (C=O) groups is 5. The highest BCUT2D eigenvalue weighted by molar-refractivity contribution is 6.31. The van der Waals surface area contributed by atoms with E-state index in [1.165, 1.54) is 14.0 Å². The Bertz CT molecular complexity index is 4690. The number of carbonyl (C=O) groups excluding carboxylic acids is 5. The molecular weight excluding hydrogens is 1300 g/mol. The number of likely N-dealkylation sites (N-methyl/N-ethyl adjacent to an activating group) is 1.